The molecule has 152 valence electrons. The van der Waals surface area contributed by atoms with Crippen LogP contribution in [0.15, 0.2) is 71.9 Å². The topological polar surface area (TPSA) is 118 Å². The molecule has 0 aliphatic heterocycles. The predicted molar refractivity (Wildman–Crippen MR) is 113 cm³/mol. The number of aromatic nitrogens is 2. The van der Waals surface area contributed by atoms with Gasteiger partial charge in [0.05, 0.1) is 9.82 Å². The molecule has 0 bridgehead atoms. The maximum atomic E-state index is 12.6. The molecule has 0 amide bonds. The average molecular weight is 422 g/mol. The van der Waals surface area contributed by atoms with Gasteiger partial charge < -0.3 is 4.98 Å². The summed E-state index contributed by atoms with van der Waals surface area (Å²) in [5.74, 6) is 0. The Balaban J connectivity index is 1.65. The van der Waals surface area contributed by atoms with Crippen LogP contribution in [0.3, 0.4) is 0 Å². The minimum atomic E-state index is -3.84. The lowest BCUT2D eigenvalue weighted by atomic mass is 10.00. The molecule has 2 aromatic carbocycles. The number of hydrogen-bond acceptors (Lipinski definition) is 5. The normalized spacial score (nSPS) is 11.6. The molecule has 0 atom stereocenters. The highest BCUT2D eigenvalue weighted by Gasteiger charge is 2.18. The minimum Gasteiger partial charge on any atom is -0.346 e. The number of nitro groups is 1. The van der Waals surface area contributed by atoms with Gasteiger partial charge in [0.1, 0.15) is 5.65 Å². The zero-order valence-corrected chi connectivity index (χ0v) is 16.8. The van der Waals surface area contributed by atoms with E-state index in [4.69, 9.17) is 0 Å². The summed E-state index contributed by atoms with van der Waals surface area (Å²) in [6.07, 6.45) is 3.44. The highest BCUT2D eigenvalue weighted by molar-refractivity contribution is 7.89. The Labute approximate surface area is 172 Å². The zero-order chi connectivity index (χ0) is 21.3. The smallest absolute Gasteiger partial charge is 0.269 e. The van der Waals surface area contributed by atoms with Crippen LogP contribution in [0, 0.1) is 17.0 Å². The number of rotatable bonds is 6. The van der Waals surface area contributed by atoms with E-state index in [1.54, 1.807) is 12.4 Å². The first-order valence-electron chi connectivity index (χ1n) is 9.11. The molecular weight excluding hydrogens is 404 g/mol. The molecule has 0 aliphatic rings. The third kappa shape index (κ3) is 3.80. The molecular formula is C21H18N4O4S. The molecule has 8 nitrogen and oxygen atoms in total. The summed E-state index contributed by atoms with van der Waals surface area (Å²) in [5, 5.41) is 11.6. The zero-order valence-electron chi connectivity index (χ0n) is 16.0. The molecule has 0 saturated carbocycles. The summed E-state index contributed by atoms with van der Waals surface area (Å²) in [6.45, 7) is 2.06. The summed E-state index contributed by atoms with van der Waals surface area (Å²) in [7, 11) is -3.84. The maximum Gasteiger partial charge on any atom is 0.269 e. The Kier molecular flexibility index (Phi) is 5.06. The first kappa shape index (κ1) is 19.7. The van der Waals surface area contributed by atoms with Crippen LogP contribution in [-0.2, 0) is 16.6 Å². The first-order valence-corrected chi connectivity index (χ1v) is 10.6. The first-order chi connectivity index (χ1) is 14.3. The highest BCUT2D eigenvalue weighted by atomic mass is 32.2. The van der Waals surface area contributed by atoms with E-state index < -0.39 is 14.9 Å². The third-order valence-electron chi connectivity index (χ3n) is 4.79. The molecule has 0 aliphatic carbocycles. The van der Waals surface area contributed by atoms with Gasteiger partial charge in [-0.05, 0) is 41.8 Å². The second-order valence-electron chi connectivity index (χ2n) is 6.84. The van der Waals surface area contributed by atoms with E-state index in [0.717, 1.165) is 27.6 Å². The quantitative estimate of drug-likeness (QED) is 0.361. The predicted octanol–water partition coefficient (Wildman–Crippen LogP) is 3.93. The van der Waals surface area contributed by atoms with Gasteiger partial charge in [-0.3, -0.25) is 10.1 Å². The second kappa shape index (κ2) is 7.69. The molecule has 2 heterocycles. The molecule has 0 saturated heterocycles. The number of non-ortho nitro benzene ring substituents is 1. The van der Waals surface area contributed by atoms with Crippen LogP contribution >= 0.6 is 0 Å². The van der Waals surface area contributed by atoms with Crippen molar-refractivity contribution in [3.63, 3.8) is 0 Å². The molecule has 4 aromatic rings. The van der Waals surface area contributed by atoms with Gasteiger partial charge >= 0.3 is 0 Å². The summed E-state index contributed by atoms with van der Waals surface area (Å²) < 4.78 is 27.8. The molecule has 0 unspecified atom stereocenters. The lowest BCUT2D eigenvalue weighted by Gasteiger charge is -2.09. The fraction of sp³-hybridized carbons (Fsp3) is 0.0952. The number of sulfonamides is 1. The number of benzene rings is 2. The van der Waals surface area contributed by atoms with Crippen molar-refractivity contribution in [2.75, 3.05) is 0 Å². The van der Waals surface area contributed by atoms with Crippen molar-refractivity contribution in [2.45, 2.75) is 18.4 Å². The summed E-state index contributed by atoms with van der Waals surface area (Å²) in [5.41, 5.74) is 4.34. The summed E-state index contributed by atoms with van der Waals surface area (Å²) in [6, 6.07) is 14.7. The average Bonchev–Trinajstić information content (AvgIpc) is 3.16. The number of aromatic amines is 1. The van der Waals surface area contributed by atoms with E-state index in [1.165, 1.54) is 24.3 Å². The van der Waals surface area contributed by atoms with Crippen molar-refractivity contribution >= 4 is 26.7 Å². The van der Waals surface area contributed by atoms with Crippen LogP contribution < -0.4 is 4.72 Å². The molecule has 0 spiro atoms. The van der Waals surface area contributed by atoms with Crippen LogP contribution in [-0.4, -0.2) is 23.3 Å². The molecule has 0 radical (unpaired) electrons. The van der Waals surface area contributed by atoms with Gasteiger partial charge in [0, 0.05) is 36.5 Å². The van der Waals surface area contributed by atoms with Crippen molar-refractivity contribution in [2.24, 2.45) is 0 Å². The van der Waals surface area contributed by atoms with Gasteiger partial charge in [-0.2, -0.15) is 0 Å². The van der Waals surface area contributed by atoms with E-state index in [0.29, 0.717) is 5.65 Å². The molecule has 2 N–H and O–H groups in total. The Morgan fingerprint density at radius 2 is 1.90 bits per heavy atom. The number of nitrogens with one attached hydrogen (secondary N) is 2. The number of nitro benzene ring substituents is 1. The van der Waals surface area contributed by atoms with Crippen molar-refractivity contribution in [3.8, 4) is 11.1 Å². The summed E-state index contributed by atoms with van der Waals surface area (Å²) >= 11 is 0. The molecule has 9 heteroatoms. The van der Waals surface area contributed by atoms with Gasteiger partial charge in [-0.15, -0.1) is 0 Å². The molecule has 4 rings (SSSR count). The van der Waals surface area contributed by atoms with Crippen molar-refractivity contribution in [1.82, 2.24) is 14.7 Å². The molecule has 30 heavy (non-hydrogen) atoms. The molecule has 0 fully saturated rings. The lowest BCUT2D eigenvalue weighted by Crippen LogP contribution is -2.23. The van der Waals surface area contributed by atoms with Crippen LogP contribution in [0.5, 0.6) is 0 Å². The van der Waals surface area contributed by atoms with Crippen LogP contribution in [0.2, 0.25) is 0 Å². The van der Waals surface area contributed by atoms with Crippen molar-refractivity contribution in [3.05, 3.63) is 88.2 Å². The van der Waals surface area contributed by atoms with Gasteiger partial charge in [0.25, 0.3) is 5.69 Å². The largest absolute Gasteiger partial charge is 0.346 e. The van der Waals surface area contributed by atoms with Crippen molar-refractivity contribution in [1.29, 1.82) is 0 Å². The standard InChI is InChI=1S/C21H18N4O4S/c1-14-3-2-4-15(11-14)19-9-10-22-21-20(19)16(12-23-21)13-24-30(28,29)18-7-5-17(6-8-18)25(26)27/h2-12,24H,13H2,1H3,(H,22,23). The maximum absolute atomic E-state index is 12.6. The van der Waals surface area contributed by atoms with E-state index in [-0.39, 0.29) is 17.1 Å². The van der Waals surface area contributed by atoms with Crippen LogP contribution in [0.4, 0.5) is 5.69 Å². The Hall–Kier alpha value is -3.56. The third-order valence-corrected chi connectivity index (χ3v) is 6.21. The van der Waals surface area contributed by atoms with Crippen molar-refractivity contribution < 1.29 is 13.3 Å². The van der Waals surface area contributed by atoms with E-state index in [9.17, 15) is 18.5 Å². The number of hydrogen-bond donors (Lipinski definition) is 2. The Morgan fingerprint density at radius 3 is 2.60 bits per heavy atom. The number of pyridine rings is 1. The Morgan fingerprint density at radius 1 is 1.13 bits per heavy atom. The highest BCUT2D eigenvalue weighted by Crippen LogP contribution is 2.30. The SMILES string of the molecule is Cc1cccc(-c2ccnc3[nH]cc(CNS(=O)(=O)c4ccc([N+](=O)[O-])cc4)c23)c1. The number of fused-ring (bicyclic) bond motifs is 1. The second-order valence-corrected chi connectivity index (χ2v) is 8.61. The van der Waals surface area contributed by atoms with Gasteiger partial charge in [-0.1, -0.05) is 29.8 Å². The van der Waals surface area contributed by atoms with E-state index in [2.05, 4.69) is 20.8 Å². The fourth-order valence-corrected chi connectivity index (χ4v) is 4.33. The fourth-order valence-electron chi connectivity index (χ4n) is 3.32. The minimum absolute atomic E-state index is 0.0371. The summed E-state index contributed by atoms with van der Waals surface area (Å²) in [4.78, 5) is 17.6. The lowest BCUT2D eigenvalue weighted by molar-refractivity contribution is -0.384. The van der Waals surface area contributed by atoms with Gasteiger partial charge in [0.15, 0.2) is 0 Å². The Bertz CT molecular complexity index is 1350. The van der Waals surface area contributed by atoms with Gasteiger partial charge in [0.2, 0.25) is 10.0 Å². The van der Waals surface area contributed by atoms with Crippen LogP contribution in [0.1, 0.15) is 11.1 Å². The number of nitrogens with zero attached hydrogens (tertiary/aromatic N) is 2. The van der Waals surface area contributed by atoms with Gasteiger partial charge in [-0.25, -0.2) is 18.1 Å². The molecule has 2 aromatic heterocycles. The number of aryl methyl sites for hydroxylation is 1. The van der Waals surface area contributed by atoms with Crippen LogP contribution in [0.25, 0.3) is 22.2 Å². The monoisotopic (exact) mass is 422 g/mol. The number of H-pyrrole nitrogens is 1. The van der Waals surface area contributed by atoms with E-state index >= 15 is 0 Å². The van der Waals surface area contributed by atoms with E-state index in [1.807, 2.05) is 31.2 Å².